The maximum Gasteiger partial charge on any atom is 0.237 e. The molecule has 0 fully saturated rings. The van der Waals surface area contributed by atoms with Gasteiger partial charge in [0.25, 0.3) is 0 Å². The zero-order chi connectivity index (χ0) is 20.6. The molecule has 0 spiro atoms. The van der Waals surface area contributed by atoms with Crippen LogP contribution in [0.4, 0.5) is 4.39 Å². The Balaban J connectivity index is 1.63. The number of rotatable bonds is 8. The molecule has 2 amide bonds. The number of amides is 2. The highest BCUT2D eigenvalue weighted by atomic mass is 19.1. The molecule has 152 valence electrons. The molecule has 1 unspecified atom stereocenters. The van der Waals surface area contributed by atoms with Crippen molar-refractivity contribution in [2.24, 2.45) is 0 Å². The Hall–Kier alpha value is -2.99. The Morgan fingerprint density at radius 2 is 1.83 bits per heavy atom. The summed E-state index contributed by atoms with van der Waals surface area (Å²) in [5.74, 6) is -0.504. The quantitative estimate of drug-likeness (QED) is 0.674. The molecule has 6 heteroatoms. The van der Waals surface area contributed by atoms with Crippen LogP contribution in [0.15, 0.2) is 61.2 Å². The Morgan fingerprint density at radius 1 is 1.10 bits per heavy atom. The van der Waals surface area contributed by atoms with Crippen molar-refractivity contribution < 1.29 is 14.0 Å². The van der Waals surface area contributed by atoms with Crippen LogP contribution in [0.5, 0.6) is 0 Å². The van der Waals surface area contributed by atoms with Crippen molar-refractivity contribution in [2.45, 2.75) is 25.4 Å². The maximum absolute atomic E-state index is 13.0. The molecule has 1 aliphatic rings. The molecule has 2 N–H and O–H groups in total. The molecule has 0 aliphatic carbocycles. The van der Waals surface area contributed by atoms with Crippen LogP contribution in [0.2, 0.25) is 0 Å². The largest absolute Gasteiger partial charge is 0.354 e. The lowest BCUT2D eigenvalue weighted by Gasteiger charge is -2.35. The van der Waals surface area contributed by atoms with E-state index in [1.54, 1.807) is 18.2 Å². The summed E-state index contributed by atoms with van der Waals surface area (Å²) in [5.41, 5.74) is 3.23. The van der Waals surface area contributed by atoms with Gasteiger partial charge in [-0.15, -0.1) is 6.58 Å². The highest BCUT2D eigenvalue weighted by molar-refractivity contribution is 5.84. The van der Waals surface area contributed by atoms with Crippen molar-refractivity contribution in [3.63, 3.8) is 0 Å². The van der Waals surface area contributed by atoms with Crippen molar-refractivity contribution in [1.82, 2.24) is 15.5 Å². The zero-order valence-electron chi connectivity index (χ0n) is 16.4. The first-order valence-electron chi connectivity index (χ1n) is 9.77. The van der Waals surface area contributed by atoms with Crippen molar-refractivity contribution in [3.05, 3.63) is 83.7 Å². The molecule has 1 heterocycles. The van der Waals surface area contributed by atoms with E-state index in [0.717, 1.165) is 16.7 Å². The summed E-state index contributed by atoms with van der Waals surface area (Å²) in [4.78, 5) is 27.0. The predicted molar refractivity (Wildman–Crippen MR) is 111 cm³/mol. The molecule has 0 radical (unpaired) electrons. The van der Waals surface area contributed by atoms with Gasteiger partial charge in [-0.1, -0.05) is 42.5 Å². The van der Waals surface area contributed by atoms with Crippen LogP contribution in [0, 0.1) is 5.82 Å². The number of fused-ring (bicyclic) bond motifs is 1. The highest BCUT2D eigenvalue weighted by Crippen LogP contribution is 2.23. The molecular weight excluding hydrogens is 369 g/mol. The average molecular weight is 395 g/mol. The second kappa shape index (κ2) is 9.98. The van der Waals surface area contributed by atoms with Gasteiger partial charge in [0, 0.05) is 19.6 Å². The third kappa shape index (κ3) is 5.74. The summed E-state index contributed by atoms with van der Waals surface area (Å²) in [6.07, 6.45) is 2.81. The lowest BCUT2D eigenvalue weighted by atomic mass is 9.93. The number of hydrogen-bond acceptors (Lipinski definition) is 3. The fraction of sp³-hybridized carbons (Fsp3) is 0.304. The van der Waals surface area contributed by atoms with Crippen LogP contribution < -0.4 is 10.6 Å². The molecule has 0 aromatic heterocycles. The molecule has 1 aliphatic heterocycles. The van der Waals surface area contributed by atoms with Crippen LogP contribution in [0.1, 0.15) is 16.7 Å². The lowest BCUT2D eigenvalue weighted by Crippen LogP contribution is -2.53. The maximum atomic E-state index is 13.0. The number of hydrogen-bond donors (Lipinski definition) is 2. The SMILES string of the molecule is C=CCNC(=O)CN1Cc2ccccc2CC1C(=O)NCCc1ccc(F)cc1. The minimum Gasteiger partial charge on any atom is -0.354 e. The average Bonchev–Trinajstić information content (AvgIpc) is 2.73. The number of benzene rings is 2. The Morgan fingerprint density at radius 3 is 2.55 bits per heavy atom. The van der Waals surface area contributed by atoms with Crippen LogP contribution in [0.25, 0.3) is 0 Å². The fourth-order valence-electron chi connectivity index (χ4n) is 3.53. The molecule has 2 aromatic carbocycles. The van der Waals surface area contributed by atoms with E-state index in [1.807, 2.05) is 29.2 Å². The third-order valence-corrected chi connectivity index (χ3v) is 5.06. The van der Waals surface area contributed by atoms with E-state index in [4.69, 9.17) is 0 Å². The topological polar surface area (TPSA) is 61.4 Å². The van der Waals surface area contributed by atoms with Crippen molar-refractivity contribution in [2.75, 3.05) is 19.6 Å². The second-order valence-electron chi connectivity index (χ2n) is 7.15. The third-order valence-electron chi connectivity index (χ3n) is 5.06. The van der Waals surface area contributed by atoms with Gasteiger partial charge in [-0.05, 0) is 41.7 Å². The van der Waals surface area contributed by atoms with Crippen LogP contribution >= 0.6 is 0 Å². The molecule has 2 aromatic rings. The minimum absolute atomic E-state index is 0.0989. The molecule has 1 atom stereocenters. The van der Waals surface area contributed by atoms with E-state index in [-0.39, 0.29) is 24.2 Å². The number of halogens is 1. The van der Waals surface area contributed by atoms with Crippen molar-refractivity contribution >= 4 is 11.8 Å². The first-order valence-corrected chi connectivity index (χ1v) is 9.77. The summed E-state index contributed by atoms with van der Waals surface area (Å²) in [6, 6.07) is 13.9. The fourth-order valence-corrected chi connectivity index (χ4v) is 3.53. The molecule has 0 bridgehead atoms. The van der Waals surface area contributed by atoms with Gasteiger partial charge in [0.1, 0.15) is 5.82 Å². The van der Waals surface area contributed by atoms with Crippen LogP contribution in [-0.4, -0.2) is 42.4 Å². The summed E-state index contributed by atoms with van der Waals surface area (Å²) in [5, 5.41) is 5.74. The van der Waals surface area contributed by atoms with E-state index >= 15 is 0 Å². The number of nitrogens with one attached hydrogen (secondary N) is 2. The Kier molecular flexibility index (Phi) is 7.14. The predicted octanol–water partition coefficient (Wildman–Crippen LogP) is 2.21. The first-order chi connectivity index (χ1) is 14.1. The van der Waals surface area contributed by atoms with Gasteiger partial charge >= 0.3 is 0 Å². The molecular formula is C23H26FN3O2. The summed E-state index contributed by atoms with van der Waals surface area (Å²) in [6.45, 7) is 5.16. The molecule has 0 saturated heterocycles. The van der Waals surface area contributed by atoms with Crippen molar-refractivity contribution in [3.8, 4) is 0 Å². The normalized spacial score (nSPS) is 16.0. The van der Waals surface area contributed by atoms with Gasteiger partial charge in [0.2, 0.25) is 11.8 Å². The summed E-state index contributed by atoms with van der Waals surface area (Å²) in [7, 11) is 0. The van der Waals surface area contributed by atoms with Gasteiger partial charge in [-0.25, -0.2) is 4.39 Å². The smallest absolute Gasteiger partial charge is 0.237 e. The Labute approximate surface area is 170 Å². The monoisotopic (exact) mass is 395 g/mol. The summed E-state index contributed by atoms with van der Waals surface area (Å²) < 4.78 is 13.0. The molecule has 0 saturated carbocycles. The van der Waals surface area contributed by atoms with Gasteiger partial charge in [-0.2, -0.15) is 0 Å². The first kappa shape index (κ1) is 20.7. The van der Waals surface area contributed by atoms with Crippen LogP contribution in [0.3, 0.4) is 0 Å². The van der Waals surface area contributed by atoms with E-state index in [0.29, 0.717) is 32.5 Å². The van der Waals surface area contributed by atoms with E-state index in [1.165, 1.54) is 12.1 Å². The zero-order valence-corrected chi connectivity index (χ0v) is 16.4. The van der Waals surface area contributed by atoms with Crippen molar-refractivity contribution in [1.29, 1.82) is 0 Å². The lowest BCUT2D eigenvalue weighted by molar-refractivity contribution is -0.129. The van der Waals surface area contributed by atoms with Gasteiger partial charge in [0.15, 0.2) is 0 Å². The molecule has 3 rings (SSSR count). The molecule has 5 nitrogen and oxygen atoms in total. The number of carbonyl (C=O) groups is 2. The van der Waals surface area contributed by atoms with Gasteiger partial charge in [-0.3, -0.25) is 14.5 Å². The minimum atomic E-state index is -0.410. The van der Waals surface area contributed by atoms with Gasteiger partial charge < -0.3 is 10.6 Å². The second-order valence-corrected chi connectivity index (χ2v) is 7.15. The molecule has 29 heavy (non-hydrogen) atoms. The van der Waals surface area contributed by atoms with Crippen LogP contribution in [-0.2, 0) is 29.0 Å². The summed E-state index contributed by atoms with van der Waals surface area (Å²) >= 11 is 0. The van der Waals surface area contributed by atoms with E-state index in [9.17, 15) is 14.0 Å². The standard InChI is InChI=1S/C23H26FN3O2/c1-2-12-25-22(28)16-27-15-19-6-4-3-5-18(19)14-21(27)23(29)26-13-11-17-7-9-20(24)10-8-17/h2-10,21H,1,11-16H2,(H,25,28)(H,26,29). The van der Waals surface area contributed by atoms with E-state index < -0.39 is 6.04 Å². The van der Waals surface area contributed by atoms with Gasteiger partial charge in [0.05, 0.1) is 12.6 Å². The van der Waals surface area contributed by atoms with E-state index in [2.05, 4.69) is 17.2 Å². The number of carbonyl (C=O) groups excluding carboxylic acids is 2. The Bertz CT molecular complexity index is 867. The highest BCUT2D eigenvalue weighted by Gasteiger charge is 2.32. The number of nitrogens with zero attached hydrogens (tertiary/aromatic N) is 1.